The Morgan fingerprint density at radius 3 is 2.23 bits per heavy atom. The molecule has 0 heterocycles. The van der Waals surface area contributed by atoms with E-state index in [1.165, 1.54) is 21.1 Å². The number of halogens is 4. The largest absolute Gasteiger partial charge is 0.497 e. The van der Waals surface area contributed by atoms with E-state index in [-0.39, 0.29) is 11.6 Å². The molecule has 0 saturated carbocycles. The van der Waals surface area contributed by atoms with Crippen molar-refractivity contribution >= 4 is 39.1 Å². The Morgan fingerprint density at radius 2 is 1.74 bits per heavy atom. The molecule has 0 fully saturated rings. The van der Waals surface area contributed by atoms with Crippen LogP contribution in [0.2, 0.25) is 5.02 Å². The fourth-order valence-corrected chi connectivity index (χ4v) is 4.32. The molecule has 0 aromatic heterocycles. The van der Waals surface area contributed by atoms with Crippen molar-refractivity contribution in [2.24, 2.45) is 0 Å². The van der Waals surface area contributed by atoms with Crippen molar-refractivity contribution in [3.05, 3.63) is 58.6 Å². The maximum atomic E-state index is 13.3. The SMILES string of the molecule is CNC(=O)[C@@H](C)N(Cc1ccc(OC)cc1)C(=O)CN(c1cc(C(F)(F)F)ccc1Cl)S(C)(=O)=O. The summed E-state index contributed by atoms with van der Waals surface area (Å²) in [7, 11) is -1.39. The first-order valence-corrected chi connectivity index (χ1v) is 12.4. The van der Waals surface area contributed by atoms with Crippen LogP contribution in [0.3, 0.4) is 0 Å². The Labute approximate surface area is 206 Å². The maximum Gasteiger partial charge on any atom is 0.416 e. The fourth-order valence-electron chi connectivity index (χ4n) is 3.19. The van der Waals surface area contributed by atoms with Gasteiger partial charge in [-0.3, -0.25) is 13.9 Å². The lowest BCUT2D eigenvalue weighted by molar-refractivity contribution is -0.139. The average Bonchev–Trinajstić information content (AvgIpc) is 2.79. The van der Waals surface area contributed by atoms with Crippen LogP contribution in [0.4, 0.5) is 18.9 Å². The molecule has 8 nitrogen and oxygen atoms in total. The zero-order valence-electron chi connectivity index (χ0n) is 19.4. The predicted octanol–water partition coefficient (Wildman–Crippen LogP) is 3.30. The van der Waals surface area contributed by atoms with Crippen molar-refractivity contribution in [3.63, 3.8) is 0 Å². The monoisotopic (exact) mass is 535 g/mol. The first kappa shape index (κ1) is 28.2. The third-order valence-electron chi connectivity index (χ3n) is 5.15. The van der Waals surface area contributed by atoms with E-state index in [0.29, 0.717) is 27.8 Å². The van der Waals surface area contributed by atoms with Gasteiger partial charge < -0.3 is 15.0 Å². The number of anilines is 1. The van der Waals surface area contributed by atoms with E-state index in [4.69, 9.17) is 16.3 Å². The molecule has 35 heavy (non-hydrogen) atoms. The lowest BCUT2D eigenvalue weighted by Gasteiger charge is -2.31. The van der Waals surface area contributed by atoms with Crippen molar-refractivity contribution in [3.8, 4) is 5.75 Å². The summed E-state index contributed by atoms with van der Waals surface area (Å²) in [4.78, 5) is 26.7. The van der Waals surface area contributed by atoms with Gasteiger partial charge in [0.1, 0.15) is 18.3 Å². The third-order valence-corrected chi connectivity index (χ3v) is 6.59. The highest BCUT2D eigenvalue weighted by Gasteiger charge is 2.34. The molecule has 2 aromatic carbocycles. The van der Waals surface area contributed by atoms with Crippen LogP contribution in [-0.2, 0) is 32.3 Å². The van der Waals surface area contributed by atoms with E-state index in [1.54, 1.807) is 24.3 Å². The van der Waals surface area contributed by atoms with Gasteiger partial charge in [0.2, 0.25) is 21.8 Å². The van der Waals surface area contributed by atoms with Crippen LogP contribution in [0.25, 0.3) is 0 Å². The van der Waals surface area contributed by atoms with Crippen molar-refractivity contribution in [1.82, 2.24) is 10.2 Å². The minimum atomic E-state index is -4.76. The molecule has 13 heteroatoms. The number of sulfonamides is 1. The van der Waals surface area contributed by atoms with Crippen LogP contribution in [0.15, 0.2) is 42.5 Å². The summed E-state index contributed by atoms with van der Waals surface area (Å²) < 4.78 is 70.3. The number of alkyl halides is 3. The summed E-state index contributed by atoms with van der Waals surface area (Å²) in [6.07, 6.45) is -4.02. The van der Waals surface area contributed by atoms with E-state index in [2.05, 4.69) is 5.32 Å². The summed E-state index contributed by atoms with van der Waals surface area (Å²) in [5, 5.41) is 2.13. The molecule has 2 rings (SSSR count). The normalized spacial score (nSPS) is 12.6. The first-order valence-electron chi connectivity index (χ1n) is 10.2. The molecule has 2 amide bonds. The Balaban J connectivity index is 2.47. The van der Waals surface area contributed by atoms with Gasteiger partial charge in [0.05, 0.1) is 29.6 Å². The minimum Gasteiger partial charge on any atom is -0.497 e. The molecule has 0 saturated heterocycles. The molecule has 0 radical (unpaired) electrons. The number of hydrogen-bond donors (Lipinski definition) is 1. The van der Waals surface area contributed by atoms with Gasteiger partial charge in [-0.1, -0.05) is 23.7 Å². The number of likely N-dealkylation sites (N-methyl/N-ethyl adjacent to an activating group) is 1. The van der Waals surface area contributed by atoms with Crippen molar-refractivity contribution in [2.75, 3.05) is 31.3 Å². The number of carbonyl (C=O) groups is 2. The van der Waals surface area contributed by atoms with Gasteiger partial charge in [-0.15, -0.1) is 0 Å². The van der Waals surface area contributed by atoms with Crippen molar-refractivity contribution in [1.29, 1.82) is 0 Å². The quantitative estimate of drug-likeness (QED) is 0.531. The molecular formula is C22H25ClF3N3O5S. The van der Waals surface area contributed by atoms with E-state index >= 15 is 0 Å². The van der Waals surface area contributed by atoms with Crippen LogP contribution in [0.1, 0.15) is 18.1 Å². The van der Waals surface area contributed by atoms with Crippen LogP contribution in [0.5, 0.6) is 5.75 Å². The number of nitrogens with one attached hydrogen (secondary N) is 1. The highest BCUT2D eigenvalue weighted by atomic mass is 35.5. The van der Waals surface area contributed by atoms with Crippen LogP contribution in [0, 0.1) is 0 Å². The van der Waals surface area contributed by atoms with Gasteiger partial charge in [0.15, 0.2) is 0 Å². The van der Waals surface area contributed by atoms with Gasteiger partial charge in [-0.05, 0) is 42.8 Å². The van der Waals surface area contributed by atoms with Gasteiger partial charge in [-0.2, -0.15) is 13.2 Å². The summed E-state index contributed by atoms with van der Waals surface area (Å²) in [5.41, 5.74) is -1.03. The summed E-state index contributed by atoms with van der Waals surface area (Å²) in [6.45, 7) is 0.491. The molecule has 0 spiro atoms. The molecule has 2 aromatic rings. The lowest BCUT2D eigenvalue weighted by atomic mass is 10.1. The maximum absolute atomic E-state index is 13.3. The van der Waals surface area contributed by atoms with E-state index < -0.39 is 51.9 Å². The zero-order chi connectivity index (χ0) is 26.6. The molecule has 0 aliphatic rings. The van der Waals surface area contributed by atoms with Crippen LogP contribution in [-0.4, -0.2) is 58.1 Å². The zero-order valence-corrected chi connectivity index (χ0v) is 21.0. The fraction of sp³-hybridized carbons (Fsp3) is 0.364. The molecule has 0 unspecified atom stereocenters. The molecular weight excluding hydrogens is 511 g/mol. The predicted molar refractivity (Wildman–Crippen MR) is 126 cm³/mol. The van der Waals surface area contributed by atoms with E-state index in [1.807, 2.05) is 0 Å². The molecule has 1 N–H and O–H groups in total. The Morgan fingerprint density at radius 1 is 1.14 bits per heavy atom. The number of ether oxygens (including phenoxy) is 1. The highest BCUT2D eigenvalue weighted by molar-refractivity contribution is 7.92. The number of benzene rings is 2. The van der Waals surface area contributed by atoms with Gasteiger partial charge >= 0.3 is 6.18 Å². The second kappa shape index (κ2) is 11.2. The Hall–Kier alpha value is -2.99. The lowest BCUT2D eigenvalue weighted by Crippen LogP contribution is -2.50. The number of methoxy groups -OCH3 is 1. The average molecular weight is 536 g/mol. The third kappa shape index (κ3) is 7.25. The smallest absolute Gasteiger partial charge is 0.416 e. The summed E-state index contributed by atoms with van der Waals surface area (Å²) in [6, 6.07) is 7.77. The van der Waals surface area contributed by atoms with Crippen LogP contribution < -0.4 is 14.4 Å². The van der Waals surface area contributed by atoms with E-state index in [9.17, 15) is 31.2 Å². The van der Waals surface area contributed by atoms with Crippen molar-refractivity contribution < 1.29 is 35.9 Å². The second-order valence-corrected chi connectivity index (χ2v) is 9.91. The Kier molecular flexibility index (Phi) is 9.01. The molecule has 1 atom stereocenters. The minimum absolute atomic E-state index is 0.0780. The molecule has 0 bridgehead atoms. The van der Waals surface area contributed by atoms with Gasteiger partial charge in [0.25, 0.3) is 0 Å². The Bertz CT molecular complexity index is 1170. The summed E-state index contributed by atoms with van der Waals surface area (Å²) in [5.74, 6) is -0.779. The molecule has 0 aliphatic carbocycles. The number of rotatable bonds is 9. The number of carbonyl (C=O) groups excluding carboxylic acids is 2. The number of hydrogen-bond acceptors (Lipinski definition) is 5. The molecule has 0 aliphatic heterocycles. The van der Waals surface area contributed by atoms with Crippen molar-refractivity contribution in [2.45, 2.75) is 25.7 Å². The highest BCUT2D eigenvalue weighted by Crippen LogP contribution is 2.36. The molecule has 192 valence electrons. The number of amides is 2. The number of nitrogens with zero attached hydrogens (tertiary/aromatic N) is 2. The van der Waals surface area contributed by atoms with Gasteiger partial charge in [0, 0.05) is 13.6 Å². The second-order valence-electron chi connectivity index (χ2n) is 7.59. The van der Waals surface area contributed by atoms with E-state index in [0.717, 1.165) is 17.2 Å². The van der Waals surface area contributed by atoms with Crippen LogP contribution >= 0.6 is 11.6 Å². The van der Waals surface area contributed by atoms with Gasteiger partial charge in [-0.25, -0.2) is 8.42 Å². The summed E-state index contributed by atoms with van der Waals surface area (Å²) >= 11 is 6.03. The first-order chi connectivity index (χ1) is 16.2. The standard InChI is InChI=1S/C22H25ClF3N3O5S/c1-14(21(31)27-2)28(12-15-5-8-17(34-3)9-6-15)20(30)13-29(35(4,32)33)19-11-16(22(24,25)26)7-10-18(19)23/h5-11,14H,12-13H2,1-4H3,(H,27,31)/t14-/m1/s1. The topological polar surface area (TPSA) is 96.0 Å².